The number of likely N-dealkylation sites (tertiary alicyclic amines) is 1. The fraction of sp³-hybridized carbons (Fsp3) is 0.625. The molecule has 1 atom stereocenters. The Labute approximate surface area is 111 Å². The molecule has 2 nitrogen and oxygen atoms in total. The number of nitrogens with zero attached hydrogens (tertiary/aromatic N) is 1. The maximum absolute atomic E-state index is 5.82. The lowest BCUT2D eigenvalue weighted by Gasteiger charge is -2.29. The summed E-state index contributed by atoms with van der Waals surface area (Å²) in [6.45, 7) is 7.71. The maximum atomic E-state index is 5.82. The van der Waals surface area contributed by atoms with Crippen molar-refractivity contribution >= 4 is 0 Å². The number of hydrogen-bond acceptors (Lipinski definition) is 2. The second-order valence-corrected chi connectivity index (χ2v) is 6.22. The van der Waals surface area contributed by atoms with Gasteiger partial charge in [-0.05, 0) is 49.9 Å². The SMILES string of the molecule is CC(C)(CN)CCN1CCCC1c1ccccc1. The summed E-state index contributed by atoms with van der Waals surface area (Å²) >= 11 is 0. The molecule has 2 heteroatoms. The highest BCUT2D eigenvalue weighted by Gasteiger charge is 2.27. The molecule has 1 aromatic carbocycles. The van der Waals surface area contributed by atoms with Crippen molar-refractivity contribution in [1.82, 2.24) is 4.90 Å². The van der Waals surface area contributed by atoms with Crippen molar-refractivity contribution in [2.75, 3.05) is 19.6 Å². The summed E-state index contributed by atoms with van der Waals surface area (Å²) in [6.07, 6.45) is 3.81. The van der Waals surface area contributed by atoms with Crippen LogP contribution in [0.3, 0.4) is 0 Å². The van der Waals surface area contributed by atoms with Gasteiger partial charge in [-0.2, -0.15) is 0 Å². The normalized spacial score (nSPS) is 21.4. The molecule has 1 unspecified atom stereocenters. The van der Waals surface area contributed by atoms with E-state index < -0.39 is 0 Å². The third-order valence-corrected chi connectivity index (χ3v) is 4.18. The van der Waals surface area contributed by atoms with Crippen LogP contribution in [-0.2, 0) is 0 Å². The largest absolute Gasteiger partial charge is 0.330 e. The molecule has 1 aromatic rings. The zero-order valence-corrected chi connectivity index (χ0v) is 11.7. The van der Waals surface area contributed by atoms with Crippen LogP contribution in [0.15, 0.2) is 30.3 Å². The summed E-state index contributed by atoms with van der Waals surface area (Å²) in [6, 6.07) is 11.5. The highest BCUT2D eigenvalue weighted by atomic mass is 15.2. The third kappa shape index (κ3) is 3.33. The third-order valence-electron chi connectivity index (χ3n) is 4.18. The molecule has 18 heavy (non-hydrogen) atoms. The zero-order chi connectivity index (χ0) is 13.0. The van der Waals surface area contributed by atoms with E-state index >= 15 is 0 Å². The topological polar surface area (TPSA) is 29.3 Å². The van der Waals surface area contributed by atoms with Crippen molar-refractivity contribution in [1.29, 1.82) is 0 Å². The average Bonchev–Trinajstić information content (AvgIpc) is 2.86. The van der Waals surface area contributed by atoms with Crippen LogP contribution in [0.1, 0.15) is 44.7 Å². The standard InChI is InChI=1S/C16H26N2/c1-16(2,13-17)10-12-18-11-6-9-15(18)14-7-4-3-5-8-14/h3-5,7-8,15H,6,9-13,17H2,1-2H3. The van der Waals surface area contributed by atoms with Crippen LogP contribution in [0.5, 0.6) is 0 Å². The highest BCUT2D eigenvalue weighted by Crippen LogP contribution is 2.33. The number of hydrogen-bond donors (Lipinski definition) is 1. The summed E-state index contributed by atoms with van der Waals surface area (Å²) in [4.78, 5) is 2.63. The van der Waals surface area contributed by atoms with Gasteiger partial charge in [0.25, 0.3) is 0 Å². The predicted octanol–water partition coefficient (Wildman–Crippen LogP) is 3.20. The molecule has 2 rings (SSSR count). The van der Waals surface area contributed by atoms with Crippen LogP contribution in [-0.4, -0.2) is 24.5 Å². The van der Waals surface area contributed by atoms with Gasteiger partial charge in [0.05, 0.1) is 0 Å². The molecule has 0 saturated carbocycles. The quantitative estimate of drug-likeness (QED) is 0.864. The monoisotopic (exact) mass is 246 g/mol. The van der Waals surface area contributed by atoms with Gasteiger partial charge in [-0.25, -0.2) is 0 Å². The molecular formula is C16H26N2. The smallest absolute Gasteiger partial charge is 0.0348 e. The van der Waals surface area contributed by atoms with Crippen molar-refractivity contribution in [3.63, 3.8) is 0 Å². The van der Waals surface area contributed by atoms with Crippen molar-refractivity contribution in [3.8, 4) is 0 Å². The van der Waals surface area contributed by atoms with Crippen molar-refractivity contribution in [2.24, 2.45) is 11.1 Å². The molecule has 100 valence electrons. The average molecular weight is 246 g/mol. The molecule has 1 aliphatic heterocycles. The first-order valence-electron chi connectivity index (χ1n) is 7.11. The van der Waals surface area contributed by atoms with Crippen LogP contribution < -0.4 is 5.73 Å². The summed E-state index contributed by atoms with van der Waals surface area (Å²) in [5, 5.41) is 0. The lowest BCUT2D eigenvalue weighted by Crippen LogP contribution is -2.31. The molecular weight excluding hydrogens is 220 g/mol. The van der Waals surface area contributed by atoms with Crippen LogP contribution in [0.25, 0.3) is 0 Å². The highest BCUT2D eigenvalue weighted by molar-refractivity contribution is 5.19. The lowest BCUT2D eigenvalue weighted by molar-refractivity contribution is 0.209. The van der Waals surface area contributed by atoms with Crippen molar-refractivity contribution in [2.45, 2.75) is 39.2 Å². The van der Waals surface area contributed by atoms with Crippen LogP contribution in [0, 0.1) is 5.41 Å². The Morgan fingerprint density at radius 2 is 2.00 bits per heavy atom. The van der Waals surface area contributed by atoms with E-state index in [-0.39, 0.29) is 5.41 Å². The fourth-order valence-corrected chi connectivity index (χ4v) is 2.69. The molecule has 0 spiro atoms. The summed E-state index contributed by atoms with van der Waals surface area (Å²) < 4.78 is 0. The minimum absolute atomic E-state index is 0.268. The van der Waals surface area contributed by atoms with E-state index in [1.54, 1.807) is 0 Å². The minimum atomic E-state index is 0.268. The first kappa shape index (κ1) is 13.6. The van der Waals surface area contributed by atoms with Crippen molar-refractivity contribution in [3.05, 3.63) is 35.9 Å². The number of benzene rings is 1. The molecule has 0 amide bonds. The van der Waals surface area contributed by atoms with E-state index in [4.69, 9.17) is 5.73 Å². The second-order valence-electron chi connectivity index (χ2n) is 6.22. The van der Waals surface area contributed by atoms with E-state index in [1.807, 2.05) is 0 Å². The van der Waals surface area contributed by atoms with Gasteiger partial charge in [0.15, 0.2) is 0 Å². The first-order chi connectivity index (χ1) is 8.62. The van der Waals surface area contributed by atoms with Gasteiger partial charge in [-0.15, -0.1) is 0 Å². The Morgan fingerprint density at radius 1 is 1.28 bits per heavy atom. The van der Waals surface area contributed by atoms with Gasteiger partial charge < -0.3 is 5.73 Å². The van der Waals surface area contributed by atoms with Crippen LogP contribution >= 0.6 is 0 Å². The summed E-state index contributed by atoms with van der Waals surface area (Å²) in [5.41, 5.74) is 7.56. The lowest BCUT2D eigenvalue weighted by atomic mass is 9.89. The van der Waals surface area contributed by atoms with Gasteiger partial charge in [-0.3, -0.25) is 4.90 Å². The Morgan fingerprint density at radius 3 is 2.67 bits per heavy atom. The number of rotatable bonds is 5. The molecule has 0 radical (unpaired) electrons. The van der Waals surface area contributed by atoms with E-state index in [1.165, 1.54) is 37.9 Å². The maximum Gasteiger partial charge on any atom is 0.0348 e. The Kier molecular flexibility index (Phi) is 4.41. The molecule has 0 aromatic heterocycles. The van der Waals surface area contributed by atoms with Gasteiger partial charge in [-0.1, -0.05) is 44.2 Å². The molecule has 1 aliphatic rings. The molecule has 0 aliphatic carbocycles. The molecule has 1 fully saturated rings. The van der Waals surface area contributed by atoms with Gasteiger partial charge in [0.1, 0.15) is 0 Å². The van der Waals surface area contributed by atoms with E-state index in [0.717, 1.165) is 6.54 Å². The first-order valence-corrected chi connectivity index (χ1v) is 7.11. The van der Waals surface area contributed by atoms with Crippen LogP contribution in [0.4, 0.5) is 0 Å². The Bertz CT molecular complexity index is 359. The van der Waals surface area contributed by atoms with Crippen LogP contribution in [0.2, 0.25) is 0 Å². The van der Waals surface area contributed by atoms with Gasteiger partial charge in [0.2, 0.25) is 0 Å². The van der Waals surface area contributed by atoms with Crippen molar-refractivity contribution < 1.29 is 0 Å². The molecule has 2 N–H and O–H groups in total. The molecule has 1 heterocycles. The molecule has 0 bridgehead atoms. The zero-order valence-electron chi connectivity index (χ0n) is 11.7. The number of nitrogens with two attached hydrogens (primary N) is 1. The van der Waals surface area contributed by atoms with E-state index in [9.17, 15) is 0 Å². The minimum Gasteiger partial charge on any atom is -0.330 e. The fourth-order valence-electron chi connectivity index (χ4n) is 2.69. The van der Waals surface area contributed by atoms with E-state index in [0.29, 0.717) is 6.04 Å². The van der Waals surface area contributed by atoms with Gasteiger partial charge in [0, 0.05) is 6.04 Å². The predicted molar refractivity (Wildman–Crippen MR) is 77.4 cm³/mol. The second kappa shape index (κ2) is 5.85. The Balaban J connectivity index is 1.96. The molecule has 1 saturated heterocycles. The van der Waals surface area contributed by atoms with Gasteiger partial charge >= 0.3 is 0 Å². The summed E-state index contributed by atoms with van der Waals surface area (Å²) in [5.74, 6) is 0. The summed E-state index contributed by atoms with van der Waals surface area (Å²) in [7, 11) is 0. The Hall–Kier alpha value is -0.860. The van der Waals surface area contributed by atoms with E-state index in [2.05, 4.69) is 49.1 Å².